The first-order chi connectivity index (χ1) is 10.3. The number of nitrogens with zero attached hydrogens (tertiary/aromatic N) is 2. The molecule has 0 aromatic carbocycles. The zero-order valence-corrected chi connectivity index (χ0v) is 14.3. The maximum Gasteiger partial charge on any atom is 0.193 e. The van der Waals surface area contributed by atoms with Gasteiger partial charge in [0.15, 0.2) is 4.96 Å². The van der Waals surface area contributed by atoms with Crippen molar-refractivity contribution in [2.45, 2.75) is 71.3 Å². The van der Waals surface area contributed by atoms with E-state index in [2.05, 4.69) is 41.3 Å². The van der Waals surface area contributed by atoms with Crippen LogP contribution in [0, 0.1) is 0 Å². The molecule has 4 heteroatoms. The predicted octanol–water partition coefficient (Wildman–Crippen LogP) is 4.67. The van der Waals surface area contributed by atoms with Crippen molar-refractivity contribution in [3.05, 3.63) is 23.5 Å². The molecule has 0 aliphatic heterocycles. The number of fused-ring (bicyclic) bond motifs is 1. The highest BCUT2D eigenvalue weighted by molar-refractivity contribution is 7.15. The van der Waals surface area contributed by atoms with Gasteiger partial charge < -0.3 is 5.32 Å². The lowest BCUT2D eigenvalue weighted by atomic mass is 10.0. The van der Waals surface area contributed by atoms with Gasteiger partial charge in [-0.3, -0.25) is 4.40 Å². The summed E-state index contributed by atoms with van der Waals surface area (Å²) in [5, 5.41) is 5.71. The molecule has 0 bridgehead atoms. The van der Waals surface area contributed by atoms with Gasteiger partial charge in [-0.2, -0.15) is 0 Å². The Morgan fingerprint density at radius 1 is 1.19 bits per heavy atom. The van der Waals surface area contributed by atoms with Gasteiger partial charge in [0, 0.05) is 30.2 Å². The van der Waals surface area contributed by atoms with E-state index in [0.29, 0.717) is 6.04 Å². The monoisotopic (exact) mass is 307 g/mol. The summed E-state index contributed by atoms with van der Waals surface area (Å²) in [6.07, 6.45) is 14.8. The topological polar surface area (TPSA) is 29.3 Å². The maximum atomic E-state index is 4.71. The molecule has 2 aromatic heterocycles. The van der Waals surface area contributed by atoms with Crippen molar-refractivity contribution in [1.82, 2.24) is 14.7 Å². The summed E-state index contributed by atoms with van der Waals surface area (Å²) in [5.74, 6) is 0. The first-order valence-corrected chi connectivity index (χ1v) is 9.36. The Morgan fingerprint density at radius 2 is 2.00 bits per heavy atom. The summed E-state index contributed by atoms with van der Waals surface area (Å²) in [7, 11) is 0. The van der Waals surface area contributed by atoms with Gasteiger partial charge >= 0.3 is 0 Å². The van der Waals surface area contributed by atoms with Gasteiger partial charge in [-0.25, -0.2) is 4.98 Å². The fraction of sp³-hybridized carbons (Fsp3) is 0.706. The highest BCUT2D eigenvalue weighted by Gasteiger charge is 2.11. The van der Waals surface area contributed by atoms with Gasteiger partial charge in [0.1, 0.15) is 0 Å². The van der Waals surface area contributed by atoms with Crippen LogP contribution in [0.15, 0.2) is 17.8 Å². The summed E-state index contributed by atoms with van der Waals surface area (Å²) >= 11 is 1.71. The van der Waals surface area contributed by atoms with Crippen LogP contribution in [0.25, 0.3) is 4.96 Å². The molecule has 2 heterocycles. The lowest BCUT2D eigenvalue weighted by Crippen LogP contribution is -2.31. The third-order valence-corrected chi connectivity index (χ3v) is 4.77. The second-order valence-corrected chi connectivity index (χ2v) is 6.71. The number of hydrogen-bond acceptors (Lipinski definition) is 3. The van der Waals surface area contributed by atoms with Crippen LogP contribution < -0.4 is 5.32 Å². The Bertz CT molecular complexity index is 474. The Labute approximate surface area is 132 Å². The van der Waals surface area contributed by atoms with Crippen LogP contribution >= 0.6 is 11.3 Å². The molecule has 2 rings (SSSR count). The van der Waals surface area contributed by atoms with E-state index in [1.807, 2.05) is 0 Å². The minimum absolute atomic E-state index is 0.575. The maximum absolute atomic E-state index is 4.71. The number of likely N-dealkylation sites (N-methyl/N-ethyl adjacent to an activating group) is 1. The Kier molecular flexibility index (Phi) is 7.24. The third kappa shape index (κ3) is 5.44. The lowest BCUT2D eigenvalue weighted by molar-refractivity contribution is 0.457. The van der Waals surface area contributed by atoms with Crippen LogP contribution in [0.4, 0.5) is 0 Å². The average molecular weight is 308 g/mol. The van der Waals surface area contributed by atoms with E-state index in [4.69, 9.17) is 4.98 Å². The Balaban J connectivity index is 1.74. The molecule has 1 N–H and O–H groups in total. The van der Waals surface area contributed by atoms with E-state index in [1.54, 1.807) is 11.3 Å². The zero-order valence-electron chi connectivity index (χ0n) is 13.5. The quantitative estimate of drug-likeness (QED) is 0.611. The van der Waals surface area contributed by atoms with E-state index >= 15 is 0 Å². The van der Waals surface area contributed by atoms with E-state index < -0.39 is 0 Å². The lowest BCUT2D eigenvalue weighted by Gasteiger charge is -2.16. The molecule has 1 unspecified atom stereocenters. The molecule has 21 heavy (non-hydrogen) atoms. The predicted molar refractivity (Wildman–Crippen MR) is 92.2 cm³/mol. The van der Waals surface area contributed by atoms with Gasteiger partial charge in [-0.15, -0.1) is 11.3 Å². The van der Waals surface area contributed by atoms with Gasteiger partial charge in [0.05, 0.1) is 5.69 Å². The summed E-state index contributed by atoms with van der Waals surface area (Å²) in [4.78, 5) is 5.82. The summed E-state index contributed by atoms with van der Waals surface area (Å²) in [6, 6.07) is 0.575. The van der Waals surface area contributed by atoms with Gasteiger partial charge in [0.2, 0.25) is 0 Å². The van der Waals surface area contributed by atoms with E-state index in [9.17, 15) is 0 Å². The van der Waals surface area contributed by atoms with Crippen molar-refractivity contribution >= 4 is 16.3 Å². The SMILES string of the molecule is CCCCCCCCC(Cc1cn2ccsc2n1)NCC. The molecule has 1 atom stereocenters. The van der Waals surface area contributed by atoms with Gasteiger partial charge in [-0.05, 0) is 13.0 Å². The molecular weight excluding hydrogens is 278 g/mol. The summed E-state index contributed by atoms with van der Waals surface area (Å²) in [6.45, 7) is 5.51. The van der Waals surface area contributed by atoms with E-state index in [0.717, 1.165) is 17.9 Å². The fourth-order valence-corrected chi connectivity index (χ4v) is 3.58. The van der Waals surface area contributed by atoms with Crippen molar-refractivity contribution in [3.63, 3.8) is 0 Å². The molecular formula is C17H29N3S. The highest BCUT2D eigenvalue weighted by atomic mass is 32.1. The second kappa shape index (κ2) is 9.21. The van der Waals surface area contributed by atoms with E-state index in [-0.39, 0.29) is 0 Å². The van der Waals surface area contributed by atoms with E-state index in [1.165, 1.54) is 50.6 Å². The van der Waals surface area contributed by atoms with Crippen molar-refractivity contribution in [3.8, 4) is 0 Å². The van der Waals surface area contributed by atoms with Crippen molar-refractivity contribution in [1.29, 1.82) is 0 Å². The number of imidazole rings is 1. The molecule has 3 nitrogen and oxygen atoms in total. The number of thiazole rings is 1. The number of hydrogen-bond donors (Lipinski definition) is 1. The molecule has 0 radical (unpaired) electrons. The third-order valence-electron chi connectivity index (χ3n) is 4.00. The molecule has 0 amide bonds. The largest absolute Gasteiger partial charge is 0.314 e. The Hall–Kier alpha value is -0.870. The van der Waals surface area contributed by atoms with Crippen molar-refractivity contribution in [2.75, 3.05) is 6.54 Å². The molecule has 0 saturated carbocycles. The minimum Gasteiger partial charge on any atom is -0.314 e. The van der Waals surface area contributed by atoms with Crippen LogP contribution in [-0.2, 0) is 6.42 Å². The number of rotatable bonds is 11. The fourth-order valence-electron chi connectivity index (χ4n) is 2.86. The summed E-state index contributed by atoms with van der Waals surface area (Å²) in [5.41, 5.74) is 1.22. The molecule has 0 saturated heterocycles. The first-order valence-electron chi connectivity index (χ1n) is 8.48. The summed E-state index contributed by atoms with van der Waals surface area (Å²) < 4.78 is 2.13. The van der Waals surface area contributed by atoms with Crippen LogP contribution in [0.2, 0.25) is 0 Å². The minimum atomic E-state index is 0.575. The normalized spacial score (nSPS) is 13.0. The number of aromatic nitrogens is 2. The van der Waals surface area contributed by atoms with Gasteiger partial charge in [0.25, 0.3) is 0 Å². The molecule has 0 aliphatic rings. The highest BCUT2D eigenvalue weighted by Crippen LogP contribution is 2.15. The second-order valence-electron chi connectivity index (χ2n) is 5.84. The molecule has 118 valence electrons. The van der Waals surface area contributed by atoms with Crippen LogP contribution in [0.5, 0.6) is 0 Å². The average Bonchev–Trinajstić information content (AvgIpc) is 3.03. The van der Waals surface area contributed by atoms with Crippen LogP contribution in [-0.4, -0.2) is 22.0 Å². The Morgan fingerprint density at radius 3 is 2.76 bits per heavy atom. The van der Waals surface area contributed by atoms with Crippen LogP contribution in [0.1, 0.15) is 64.5 Å². The molecule has 0 fully saturated rings. The van der Waals surface area contributed by atoms with Crippen molar-refractivity contribution in [2.24, 2.45) is 0 Å². The zero-order chi connectivity index (χ0) is 14.9. The van der Waals surface area contributed by atoms with Crippen LogP contribution in [0.3, 0.4) is 0 Å². The standard InChI is InChI=1S/C17H29N3S/c1-3-5-6-7-8-9-10-15(18-4-2)13-16-14-20-11-12-21-17(20)19-16/h11-12,14-15,18H,3-10,13H2,1-2H3. The van der Waals surface area contributed by atoms with Gasteiger partial charge in [-0.1, -0.05) is 52.4 Å². The number of nitrogens with one attached hydrogen (secondary N) is 1. The first kappa shape index (κ1) is 16.5. The number of unbranched alkanes of at least 4 members (excludes halogenated alkanes) is 5. The molecule has 0 spiro atoms. The molecule has 0 aliphatic carbocycles. The van der Waals surface area contributed by atoms with Crippen molar-refractivity contribution < 1.29 is 0 Å². The smallest absolute Gasteiger partial charge is 0.193 e. The molecule has 2 aromatic rings.